The molecule has 3 nitrogen and oxygen atoms in total. The molecule has 0 amide bonds. The molecule has 106 valence electrons. The van der Waals surface area contributed by atoms with Crippen LogP contribution in [0.3, 0.4) is 0 Å². The van der Waals surface area contributed by atoms with Crippen molar-refractivity contribution in [3.63, 3.8) is 0 Å². The van der Waals surface area contributed by atoms with E-state index in [1.165, 1.54) is 0 Å². The third-order valence-electron chi connectivity index (χ3n) is 3.60. The summed E-state index contributed by atoms with van der Waals surface area (Å²) in [7, 11) is 3.81. The molecule has 1 rings (SSSR count). The van der Waals surface area contributed by atoms with Crippen LogP contribution in [0.1, 0.15) is 18.9 Å². The zero-order valence-corrected chi connectivity index (χ0v) is 12.5. The van der Waals surface area contributed by atoms with Crippen molar-refractivity contribution in [2.45, 2.75) is 25.3 Å². The highest BCUT2D eigenvalue weighted by molar-refractivity contribution is 5.88. The molecule has 0 aliphatic carbocycles. The highest BCUT2D eigenvalue weighted by Gasteiger charge is 2.37. The molecule has 4 heteroatoms. The first kappa shape index (κ1) is 17.7. The lowest BCUT2D eigenvalue weighted by Crippen LogP contribution is -2.49. The van der Waals surface area contributed by atoms with Gasteiger partial charge in [-0.15, -0.1) is 12.4 Å². The summed E-state index contributed by atoms with van der Waals surface area (Å²) in [5, 5.41) is 9.25. The van der Waals surface area contributed by atoms with Crippen molar-refractivity contribution in [3.8, 4) is 0 Å². The Balaban J connectivity index is 0.00000324. The minimum atomic E-state index is -0.929. The van der Waals surface area contributed by atoms with E-state index in [-0.39, 0.29) is 18.0 Å². The van der Waals surface area contributed by atoms with Crippen molar-refractivity contribution >= 4 is 18.4 Å². The maximum Gasteiger partial charge on any atom is 0.332 e. The van der Waals surface area contributed by atoms with Crippen LogP contribution >= 0.6 is 12.4 Å². The summed E-state index contributed by atoms with van der Waals surface area (Å²) in [5.74, 6) is -0.929. The van der Waals surface area contributed by atoms with Crippen molar-refractivity contribution in [3.05, 3.63) is 48.0 Å². The number of nitrogens with zero attached hydrogens (tertiary/aromatic N) is 1. The van der Waals surface area contributed by atoms with Gasteiger partial charge in [0.15, 0.2) is 0 Å². The van der Waals surface area contributed by atoms with E-state index in [0.29, 0.717) is 12.8 Å². The molecule has 0 saturated carbocycles. The molecule has 1 aromatic rings. The van der Waals surface area contributed by atoms with Crippen LogP contribution < -0.4 is 0 Å². The van der Waals surface area contributed by atoms with Gasteiger partial charge in [0.25, 0.3) is 0 Å². The molecule has 1 atom stereocenters. The van der Waals surface area contributed by atoms with E-state index < -0.39 is 11.5 Å². The Labute approximate surface area is 121 Å². The monoisotopic (exact) mass is 283 g/mol. The van der Waals surface area contributed by atoms with Crippen molar-refractivity contribution in [2.75, 3.05) is 14.1 Å². The number of hydrogen-bond donors (Lipinski definition) is 1. The second-order valence-corrected chi connectivity index (χ2v) is 4.73. The van der Waals surface area contributed by atoms with Crippen LogP contribution in [0, 0.1) is 0 Å². The second-order valence-electron chi connectivity index (χ2n) is 4.73. The SMILES string of the molecule is C=C(C(=O)O)C(CC)(Cc1ccccc1)N(C)C.Cl. The zero-order valence-electron chi connectivity index (χ0n) is 11.7. The Bertz CT molecular complexity index is 431. The van der Waals surface area contributed by atoms with E-state index in [4.69, 9.17) is 0 Å². The smallest absolute Gasteiger partial charge is 0.332 e. The van der Waals surface area contributed by atoms with Gasteiger partial charge in [-0.3, -0.25) is 4.90 Å². The standard InChI is InChI=1S/C15H21NO2.ClH/c1-5-15(16(3)4,12(2)14(17)18)11-13-9-7-6-8-10-13;/h6-10H,2,5,11H2,1,3-4H3,(H,17,18);1H. The summed E-state index contributed by atoms with van der Waals surface area (Å²) in [6.45, 7) is 5.77. The zero-order chi connectivity index (χ0) is 13.8. The topological polar surface area (TPSA) is 40.5 Å². The molecule has 0 spiro atoms. The lowest BCUT2D eigenvalue weighted by Gasteiger charge is -2.39. The molecule has 0 heterocycles. The van der Waals surface area contributed by atoms with Gasteiger partial charge in [-0.2, -0.15) is 0 Å². The number of aliphatic carboxylic acids is 1. The van der Waals surface area contributed by atoms with E-state index in [9.17, 15) is 9.90 Å². The van der Waals surface area contributed by atoms with Gasteiger partial charge in [-0.05, 0) is 32.5 Å². The first-order valence-corrected chi connectivity index (χ1v) is 6.08. The van der Waals surface area contributed by atoms with Gasteiger partial charge in [0.05, 0.1) is 11.1 Å². The normalized spacial score (nSPS) is 13.5. The predicted octanol–water partition coefficient (Wildman–Crippen LogP) is 3.00. The summed E-state index contributed by atoms with van der Waals surface area (Å²) >= 11 is 0. The minimum absolute atomic E-state index is 0. The fraction of sp³-hybridized carbons (Fsp3) is 0.400. The highest BCUT2D eigenvalue weighted by Crippen LogP contribution is 2.30. The molecule has 0 aliphatic heterocycles. The predicted molar refractivity (Wildman–Crippen MR) is 80.9 cm³/mol. The quantitative estimate of drug-likeness (QED) is 0.816. The van der Waals surface area contributed by atoms with Crippen molar-refractivity contribution in [1.82, 2.24) is 4.90 Å². The van der Waals surface area contributed by atoms with Crippen molar-refractivity contribution in [1.29, 1.82) is 0 Å². The first-order chi connectivity index (χ1) is 8.44. The van der Waals surface area contributed by atoms with Crippen LogP contribution in [0.2, 0.25) is 0 Å². The van der Waals surface area contributed by atoms with E-state index in [0.717, 1.165) is 5.56 Å². The van der Waals surface area contributed by atoms with Gasteiger partial charge in [0, 0.05) is 0 Å². The van der Waals surface area contributed by atoms with Gasteiger partial charge in [-0.25, -0.2) is 4.79 Å². The largest absolute Gasteiger partial charge is 0.478 e. The van der Waals surface area contributed by atoms with Crippen LogP contribution in [0.25, 0.3) is 0 Å². The number of carboxylic acid groups (broad SMARTS) is 1. The molecule has 0 aromatic heterocycles. The maximum absolute atomic E-state index is 11.3. The number of carbonyl (C=O) groups is 1. The molecular formula is C15H22ClNO2. The molecule has 1 unspecified atom stereocenters. The summed E-state index contributed by atoms with van der Waals surface area (Å²) in [6.07, 6.45) is 1.36. The molecule has 0 aliphatic rings. The minimum Gasteiger partial charge on any atom is -0.478 e. The Kier molecular flexibility index (Phi) is 6.81. The fourth-order valence-electron chi connectivity index (χ4n) is 2.32. The first-order valence-electron chi connectivity index (χ1n) is 6.08. The third kappa shape index (κ3) is 3.82. The number of carboxylic acids is 1. The Hall–Kier alpha value is -1.32. The fourth-order valence-corrected chi connectivity index (χ4v) is 2.32. The van der Waals surface area contributed by atoms with Gasteiger partial charge in [0.2, 0.25) is 0 Å². The molecular weight excluding hydrogens is 262 g/mol. The van der Waals surface area contributed by atoms with E-state index in [1.54, 1.807) is 0 Å². The van der Waals surface area contributed by atoms with Gasteiger partial charge >= 0.3 is 5.97 Å². The van der Waals surface area contributed by atoms with E-state index >= 15 is 0 Å². The molecule has 19 heavy (non-hydrogen) atoms. The Morgan fingerprint density at radius 2 is 1.84 bits per heavy atom. The number of benzene rings is 1. The van der Waals surface area contributed by atoms with Crippen LogP contribution in [0.4, 0.5) is 0 Å². The summed E-state index contributed by atoms with van der Waals surface area (Å²) < 4.78 is 0. The molecule has 0 radical (unpaired) electrons. The van der Waals surface area contributed by atoms with Gasteiger partial charge in [0.1, 0.15) is 0 Å². The van der Waals surface area contributed by atoms with Crippen LogP contribution in [-0.2, 0) is 11.2 Å². The van der Waals surface area contributed by atoms with Gasteiger partial charge in [-0.1, -0.05) is 43.8 Å². The number of rotatable bonds is 6. The highest BCUT2D eigenvalue weighted by atomic mass is 35.5. The Morgan fingerprint density at radius 1 is 1.32 bits per heavy atom. The molecule has 1 aromatic carbocycles. The van der Waals surface area contributed by atoms with Crippen LogP contribution in [-0.4, -0.2) is 35.6 Å². The van der Waals surface area contributed by atoms with E-state index in [1.807, 2.05) is 56.3 Å². The number of hydrogen-bond acceptors (Lipinski definition) is 2. The van der Waals surface area contributed by atoms with E-state index in [2.05, 4.69) is 6.58 Å². The number of likely N-dealkylation sites (N-methyl/N-ethyl adjacent to an activating group) is 1. The second kappa shape index (κ2) is 7.31. The molecule has 0 bridgehead atoms. The molecule has 1 N–H and O–H groups in total. The summed E-state index contributed by atoms with van der Waals surface area (Å²) in [6, 6.07) is 9.93. The van der Waals surface area contributed by atoms with Gasteiger partial charge < -0.3 is 5.11 Å². The summed E-state index contributed by atoms with van der Waals surface area (Å²) in [5.41, 5.74) is 0.835. The van der Waals surface area contributed by atoms with Crippen LogP contribution in [0.15, 0.2) is 42.5 Å². The van der Waals surface area contributed by atoms with Crippen molar-refractivity contribution < 1.29 is 9.90 Å². The lowest BCUT2D eigenvalue weighted by molar-refractivity contribution is -0.134. The average Bonchev–Trinajstić information content (AvgIpc) is 2.36. The number of halogens is 1. The van der Waals surface area contributed by atoms with Crippen LogP contribution in [0.5, 0.6) is 0 Å². The lowest BCUT2D eigenvalue weighted by atomic mass is 9.80. The molecule has 0 saturated heterocycles. The molecule has 0 fully saturated rings. The van der Waals surface area contributed by atoms with Crippen molar-refractivity contribution in [2.24, 2.45) is 0 Å². The third-order valence-corrected chi connectivity index (χ3v) is 3.60. The summed E-state index contributed by atoms with van der Waals surface area (Å²) in [4.78, 5) is 13.2. The Morgan fingerprint density at radius 3 is 2.21 bits per heavy atom. The average molecular weight is 284 g/mol. The maximum atomic E-state index is 11.3.